The van der Waals surface area contributed by atoms with Gasteiger partial charge >= 0.3 is 0 Å². The Morgan fingerprint density at radius 2 is 1.73 bits per heavy atom. The third-order valence-electron chi connectivity index (χ3n) is 5.49. The standard InChI is InChI=1S/C29H28N2O4S2/c1-4-34-25-15-22(16-26-28(33)31(29(36)37-26)17-21-8-6-5-7-9-21)10-11-24(25)35-18-27(32)30-23-13-19(2)12-20(3)14-23/h5-16H,4,17-18H2,1-3H3,(H,30,32)/b26-16-. The van der Waals surface area contributed by atoms with Crippen molar-refractivity contribution < 1.29 is 19.1 Å². The lowest BCUT2D eigenvalue weighted by Gasteiger charge is -2.14. The van der Waals surface area contributed by atoms with Crippen LogP contribution in [0.5, 0.6) is 11.5 Å². The van der Waals surface area contributed by atoms with Gasteiger partial charge in [-0.25, -0.2) is 0 Å². The molecule has 3 aromatic rings. The van der Waals surface area contributed by atoms with E-state index in [0.717, 1.165) is 27.9 Å². The lowest BCUT2D eigenvalue weighted by atomic mass is 10.1. The number of anilines is 1. The van der Waals surface area contributed by atoms with Crippen LogP contribution in [-0.4, -0.2) is 34.2 Å². The predicted octanol–water partition coefficient (Wildman–Crippen LogP) is 6.12. The van der Waals surface area contributed by atoms with Crippen LogP contribution < -0.4 is 14.8 Å². The Balaban J connectivity index is 1.44. The third kappa shape index (κ3) is 6.99. The van der Waals surface area contributed by atoms with Gasteiger partial charge in [0.2, 0.25) is 0 Å². The van der Waals surface area contributed by atoms with E-state index in [4.69, 9.17) is 21.7 Å². The van der Waals surface area contributed by atoms with Crippen molar-refractivity contribution in [3.05, 3.63) is 93.9 Å². The average Bonchev–Trinajstić information content (AvgIpc) is 3.11. The largest absolute Gasteiger partial charge is 0.490 e. The van der Waals surface area contributed by atoms with E-state index in [1.165, 1.54) is 11.8 Å². The van der Waals surface area contributed by atoms with E-state index in [0.29, 0.717) is 33.9 Å². The zero-order valence-electron chi connectivity index (χ0n) is 20.9. The van der Waals surface area contributed by atoms with Crippen LogP contribution in [0.15, 0.2) is 71.6 Å². The second kappa shape index (κ2) is 12.1. The highest BCUT2D eigenvalue weighted by molar-refractivity contribution is 8.26. The van der Waals surface area contributed by atoms with Crippen molar-refractivity contribution in [3.8, 4) is 11.5 Å². The highest BCUT2D eigenvalue weighted by Gasteiger charge is 2.32. The maximum atomic E-state index is 13.0. The van der Waals surface area contributed by atoms with Crippen molar-refractivity contribution in [3.63, 3.8) is 0 Å². The number of aryl methyl sites for hydroxylation is 2. The molecule has 1 aliphatic heterocycles. The number of thioether (sulfide) groups is 1. The molecule has 190 valence electrons. The van der Waals surface area contributed by atoms with Crippen LogP contribution in [0.2, 0.25) is 0 Å². The van der Waals surface area contributed by atoms with Crippen LogP contribution in [0, 0.1) is 13.8 Å². The van der Waals surface area contributed by atoms with Crippen LogP contribution >= 0.6 is 24.0 Å². The first kappa shape index (κ1) is 26.4. The molecular weight excluding hydrogens is 504 g/mol. The molecule has 8 heteroatoms. The lowest BCUT2D eigenvalue weighted by Crippen LogP contribution is -2.27. The number of hydrogen-bond donors (Lipinski definition) is 1. The summed E-state index contributed by atoms with van der Waals surface area (Å²) in [5.41, 5.74) is 4.67. The molecule has 6 nitrogen and oxygen atoms in total. The topological polar surface area (TPSA) is 67.9 Å². The van der Waals surface area contributed by atoms with Crippen molar-refractivity contribution in [2.75, 3.05) is 18.5 Å². The molecule has 0 bridgehead atoms. The summed E-state index contributed by atoms with van der Waals surface area (Å²) in [7, 11) is 0. The van der Waals surface area contributed by atoms with E-state index < -0.39 is 0 Å². The molecule has 1 heterocycles. The molecule has 0 spiro atoms. The Morgan fingerprint density at radius 3 is 2.43 bits per heavy atom. The van der Waals surface area contributed by atoms with Crippen LogP contribution in [-0.2, 0) is 16.1 Å². The number of ether oxygens (including phenoxy) is 2. The number of thiocarbonyl (C=S) groups is 1. The molecule has 1 N–H and O–H groups in total. The molecule has 1 saturated heterocycles. The highest BCUT2D eigenvalue weighted by Crippen LogP contribution is 2.35. The van der Waals surface area contributed by atoms with Gasteiger partial charge in [0.1, 0.15) is 4.32 Å². The molecule has 0 unspecified atom stereocenters. The summed E-state index contributed by atoms with van der Waals surface area (Å²) >= 11 is 6.74. The van der Waals surface area contributed by atoms with E-state index >= 15 is 0 Å². The Hall–Kier alpha value is -3.62. The first-order valence-electron chi connectivity index (χ1n) is 11.9. The zero-order chi connectivity index (χ0) is 26.4. The fraction of sp³-hybridized carbons (Fsp3) is 0.207. The summed E-state index contributed by atoms with van der Waals surface area (Å²) in [6.07, 6.45) is 1.80. The van der Waals surface area contributed by atoms with Gasteiger partial charge in [-0.05, 0) is 73.4 Å². The normalized spacial score (nSPS) is 14.2. The minimum absolute atomic E-state index is 0.125. The van der Waals surface area contributed by atoms with Crippen molar-refractivity contribution >= 4 is 51.9 Å². The zero-order valence-corrected chi connectivity index (χ0v) is 22.6. The van der Waals surface area contributed by atoms with Crippen molar-refractivity contribution in [2.45, 2.75) is 27.3 Å². The van der Waals surface area contributed by atoms with E-state index in [2.05, 4.69) is 5.32 Å². The number of carbonyl (C=O) groups is 2. The van der Waals surface area contributed by atoms with Gasteiger partial charge in [0.25, 0.3) is 11.8 Å². The van der Waals surface area contributed by atoms with Gasteiger partial charge in [-0.1, -0.05) is 66.4 Å². The van der Waals surface area contributed by atoms with Gasteiger partial charge in [-0.3, -0.25) is 14.5 Å². The van der Waals surface area contributed by atoms with Gasteiger partial charge in [0.05, 0.1) is 18.1 Å². The summed E-state index contributed by atoms with van der Waals surface area (Å²) in [6, 6.07) is 21.0. The number of carbonyl (C=O) groups excluding carboxylic acids is 2. The van der Waals surface area contributed by atoms with Gasteiger partial charge in [0, 0.05) is 5.69 Å². The van der Waals surface area contributed by atoms with Crippen LogP contribution in [0.1, 0.15) is 29.2 Å². The second-order valence-corrected chi connectivity index (χ2v) is 10.3. The molecule has 37 heavy (non-hydrogen) atoms. The molecule has 2 amide bonds. The van der Waals surface area contributed by atoms with Crippen LogP contribution in [0.3, 0.4) is 0 Å². The number of hydrogen-bond acceptors (Lipinski definition) is 6. The Labute approximate surface area is 226 Å². The van der Waals surface area contributed by atoms with E-state index in [1.807, 2.05) is 75.4 Å². The van der Waals surface area contributed by atoms with Crippen LogP contribution in [0.4, 0.5) is 5.69 Å². The summed E-state index contributed by atoms with van der Waals surface area (Å²) < 4.78 is 12.1. The first-order chi connectivity index (χ1) is 17.8. The summed E-state index contributed by atoms with van der Waals surface area (Å²) in [4.78, 5) is 27.6. The minimum Gasteiger partial charge on any atom is -0.490 e. The fourth-order valence-electron chi connectivity index (χ4n) is 3.94. The van der Waals surface area contributed by atoms with Crippen molar-refractivity contribution in [2.24, 2.45) is 0 Å². The first-order valence-corrected chi connectivity index (χ1v) is 13.1. The average molecular weight is 533 g/mol. The molecule has 0 aromatic heterocycles. The Bertz CT molecular complexity index is 1340. The number of nitrogens with zero attached hydrogens (tertiary/aromatic N) is 1. The van der Waals surface area contributed by atoms with Gasteiger partial charge in [-0.15, -0.1) is 0 Å². The molecular formula is C29H28N2O4S2. The number of nitrogens with one attached hydrogen (secondary N) is 1. The van der Waals surface area contributed by atoms with E-state index in [-0.39, 0.29) is 18.4 Å². The van der Waals surface area contributed by atoms with Gasteiger partial charge in [-0.2, -0.15) is 0 Å². The van der Waals surface area contributed by atoms with E-state index in [1.54, 1.807) is 23.1 Å². The number of rotatable bonds is 9. The maximum Gasteiger partial charge on any atom is 0.266 e. The fourth-order valence-corrected chi connectivity index (χ4v) is 5.20. The maximum absolute atomic E-state index is 13.0. The molecule has 0 radical (unpaired) electrons. The van der Waals surface area contributed by atoms with Crippen molar-refractivity contribution in [1.82, 2.24) is 4.90 Å². The molecule has 0 aliphatic carbocycles. The predicted molar refractivity (Wildman–Crippen MR) is 153 cm³/mol. The Morgan fingerprint density at radius 1 is 1.00 bits per heavy atom. The van der Waals surface area contributed by atoms with Gasteiger partial charge < -0.3 is 14.8 Å². The third-order valence-corrected chi connectivity index (χ3v) is 6.86. The molecule has 3 aromatic carbocycles. The highest BCUT2D eigenvalue weighted by atomic mass is 32.2. The molecule has 1 fully saturated rings. The van der Waals surface area contributed by atoms with Crippen molar-refractivity contribution in [1.29, 1.82) is 0 Å². The SMILES string of the molecule is CCOc1cc(/C=C2\SC(=S)N(Cc3ccccc3)C2=O)ccc1OCC(=O)Nc1cc(C)cc(C)c1. The minimum atomic E-state index is -0.265. The summed E-state index contributed by atoms with van der Waals surface area (Å²) in [5.74, 6) is 0.556. The monoisotopic (exact) mass is 532 g/mol. The number of benzene rings is 3. The van der Waals surface area contributed by atoms with E-state index in [9.17, 15) is 9.59 Å². The molecule has 0 atom stereocenters. The summed E-state index contributed by atoms with van der Waals surface area (Å²) in [6.45, 7) is 6.53. The quantitative estimate of drug-likeness (QED) is 0.265. The van der Waals surface area contributed by atoms with Gasteiger partial charge in [0.15, 0.2) is 18.1 Å². The molecule has 1 aliphatic rings. The molecule has 0 saturated carbocycles. The lowest BCUT2D eigenvalue weighted by molar-refractivity contribution is -0.122. The Kier molecular flexibility index (Phi) is 8.63. The number of amides is 2. The summed E-state index contributed by atoms with van der Waals surface area (Å²) in [5, 5.41) is 2.86. The second-order valence-electron chi connectivity index (χ2n) is 8.61. The van der Waals surface area contributed by atoms with Crippen LogP contribution in [0.25, 0.3) is 6.08 Å². The smallest absolute Gasteiger partial charge is 0.266 e. The molecule has 4 rings (SSSR count).